The first kappa shape index (κ1) is 23.7. The van der Waals surface area contributed by atoms with Gasteiger partial charge in [0.1, 0.15) is 18.6 Å². The number of piperazine rings is 1. The number of phenols is 1. The molecule has 1 saturated heterocycles. The van der Waals surface area contributed by atoms with Crippen LogP contribution in [0.1, 0.15) is 31.0 Å². The van der Waals surface area contributed by atoms with E-state index in [0.717, 1.165) is 36.3 Å². The lowest BCUT2D eigenvalue weighted by Crippen LogP contribution is -2.57. The highest BCUT2D eigenvalue weighted by molar-refractivity contribution is 5.66. The van der Waals surface area contributed by atoms with Crippen LogP contribution in [0.15, 0.2) is 67.5 Å². The highest BCUT2D eigenvalue weighted by atomic mass is 16.4. The van der Waals surface area contributed by atoms with Crippen LogP contribution in [0.3, 0.4) is 0 Å². The molecule has 4 rings (SSSR count). The molecule has 8 heteroatoms. The highest BCUT2D eigenvalue weighted by Gasteiger charge is 2.34. The fourth-order valence-electron chi connectivity index (χ4n) is 4.73. The minimum atomic E-state index is -0.961. The van der Waals surface area contributed by atoms with E-state index >= 15 is 0 Å². The lowest BCUT2D eigenvalue weighted by molar-refractivity contribution is -0.137. The van der Waals surface area contributed by atoms with Gasteiger partial charge in [-0.15, -0.1) is 6.58 Å². The van der Waals surface area contributed by atoms with Crippen LogP contribution in [-0.2, 0) is 11.3 Å². The summed E-state index contributed by atoms with van der Waals surface area (Å²) in [4.78, 5) is 20.1. The SMILES string of the molecule is C=CCN1C[C@H](C)N([C@H](c2ccc(-c3ncn(CC(=O)O)n3)cc2)c2cccc(O)c2)C[C@H]1C. The number of aliphatic carboxylic acids is 1. The molecule has 1 aliphatic rings. The van der Waals surface area contributed by atoms with Crippen LogP contribution in [0.2, 0.25) is 0 Å². The van der Waals surface area contributed by atoms with Gasteiger partial charge in [0, 0.05) is 37.3 Å². The maximum atomic E-state index is 10.9. The zero-order valence-corrected chi connectivity index (χ0v) is 19.6. The zero-order valence-electron chi connectivity index (χ0n) is 19.6. The summed E-state index contributed by atoms with van der Waals surface area (Å²) in [6.45, 7) is 10.8. The number of rotatable bonds is 8. The van der Waals surface area contributed by atoms with Gasteiger partial charge in [0.25, 0.3) is 0 Å². The summed E-state index contributed by atoms with van der Waals surface area (Å²) >= 11 is 0. The van der Waals surface area contributed by atoms with Gasteiger partial charge in [-0.3, -0.25) is 14.6 Å². The molecular weight excluding hydrogens is 430 g/mol. The Morgan fingerprint density at radius 1 is 1.15 bits per heavy atom. The van der Waals surface area contributed by atoms with Crippen LogP contribution in [0.25, 0.3) is 11.4 Å². The second-order valence-electron chi connectivity index (χ2n) is 8.92. The number of aromatic nitrogens is 3. The third-order valence-corrected chi connectivity index (χ3v) is 6.36. The Kier molecular flexibility index (Phi) is 7.09. The van der Waals surface area contributed by atoms with Gasteiger partial charge in [-0.1, -0.05) is 42.5 Å². The molecule has 0 amide bonds. The number of nitrogens with zero attached hydrogens (tertiary/aromatic N) is 5. The molecule has 178 valence electrons. The Morgan fingerprint density at radius 3 is 2.59 bits per heavy atom. The molecule has 34 heavy (non-hydrogen) atoms. The number of hydrogen-bond acceptors (Lipinski definition) is 6. The van der Waals surface area contributed by atoms with E-state index < -0.39 is 5.97 Å². The molecule has 1 aliphatic heterocycles. The van der Waals surface area contributed by atoms with Crippen molar-refractivity contribution >= 4 is 5.97 Å². The largest absolute Gasteiger partial charge is 0.508 e. The van der Waals surface area contributed by atoms with E-state index in [9.17, 15) is 9.90 Å². The molecule has 1 aromatic heterocycles. The molecule has 3 atom stereocenters. The molecule has 0 spiro atoms. The Bertz CT molecular complexity index is 1140. The molecule has 1 fully saturated rings. The van der Waals surface area contributed by atoms with Gasteiger partial charge in [0.15, 0.2) is 5.82 Å². The summed E-state index contributed by atoms with van der Waals surface area (Å²) < 4.78 is 1.31. The number of aromatic hydroxyl groups is 1. The van der Waals surface area contributed by atoms with Gasteiger partial charge in [-0.2, -0.15) is 5.10 Å². The molecule has 0 unspecified atom stereocenters. The number of benzene rings is 2. The van der Waals surface area contributed by atoms with Crippen LogP contribution in [-0.4, -0.2) is 72.5 Å². The van der Waals surface area contributed by atoms with Crippen molar-refractivity contribution in [2.24, 2.45) is 0 Å². The fraction of sp³-hybridized carbons (Fsp3) is 0.346. The monoisotopic (exact) mass is 461 g/mol. The third kappa shape index (κ3) is 5.18. The summed E-state index contributed by atoms with van der Waals surface area (Å²) in [7, 11) is 0. The standard InChI is InChI=1S/C26H31N5O3/c1-4-12-29-14-19(3)31(15-18(29)2)25(22-6-5-7-23(32)13-22)20-8-10-21(11-9-20)26-27-17-30(28-26)16-24(33)34/h4-11,13,17-19,25,32H,1,12,14-16H2,2-3H3,(H,33,34)/t18-,19+,25-/m1/s1. The fourth-order valence-corrected chi connectivity index (χ4v) is 4.73. The summed E-state index contributed by atoms with van der Waals surface area (Å²) in [5, 5.41) is 23.4. The van der Waals surface area contributed by atoms with Gasteiger partial charge in [0.2, 0.25) is 0 Å². The van der Waals surface area contributed by atoms with Crippen molar-refractivity contribution in [3.05, 3.63) is 78.6 Å². The van der Waals surface area contributed by atoms with E-state index in [1.165, 1.54) is 11.0 Å². The van der Waals surface area contributed by atoms with Gasteiger partial charge in [-0.25, -0.2) is 9.67 Å². The van der Waals surface area contributed by atoms with Crippen LogP contribution in [0, 0.1) is 0 Å². The van der Waals surface area contributed by atoms with Gasteiger partial charge in [0.05, 0.1) is 6.04 Å². The van der Waals surface area contributed by atoms with E-state index in [1.807, 2.05) is 30.3 Å². The van der Waals surface area contributed by atoms with Crippen molar-refractivity contribution in [3.8, 4) is 17.1 Å². The number of hydrogen-bond donors (Lipinski definition) is 2. The Balaban J connectivity index is 1.65. The van der Waals surface area contributed by atoms with Crippen molar-refractivity contribution in [1.29, 1.82) is 0 Å². The van der Waals surface area contributed by atoms with E-state index in [2.05, 4.69) is 58.5 Å². The van der Waals surface area contributed by atoms with Crippen LogP contribution < -0.4 is 0 Å². The lowest BCUT2D eigenvalue weighted by Gasteiger charge is -2.47. The molecule has 2 heterocycles. The van der Waals surface area contributed by atoms with Crippen molar-refractivity contribution < 1.29 is 15.0 Å². The van der Waals surface area contributed by atoms with Crippen molar-refractivity contribution in [1.82, 2.24) is 24.6 Å². The first-order valence-corrected chi connectivity index (χ1v) is 11.5. The number of carboxylic acid groups (broad SMARTS) is 1. The Morgan fingerprint density at radius 2 is 1.91 bits per heavy atom. The molecule has 0 aliphatic carbocycles. The first-order valence-electron chi connectivity index (χ1n) is 11.5. The van der Waals surface area contributed by atoms with E-state index in [0.29, 0.717) is 17.9 Å². The molecule has 2 N–H and O–H groups in total. The predicted octanol–water partition coefficient (Wildman–Crippen LogP) is 3.41. The topological polar surface area (TPSA) is 94.7 Å². The zero-order chi connectivity index (χ0) is 24.2. The minimum Gasteiger partial charge on any atom is -0.508 e. The number of carbonyl (C=O) groups is 1. The minimum absolute atomic E-state index is 0.0259. The Labute approximate surface area is 199 Å². The smallest absolute Gasteiger partial charge is 0.325 e. The molecule has 8 nitrogen and oxygen atoms in total. The van der Waals surface area contributed by atoms with Crippen LogP contribution in [0.5, 0.6) is 5.75 Å². The summed E-state index contributed by atoms with van der Waals surface area (Å²) in [5.74, 6) is -0.225. The average Bonchev–Trinajstić information content (AvgIpc) is 3.25. The summed E-state index contributed by atoms with van der Waals surface area (Å²) in [6.07, 6.45) is 3.38. The van der Waals surface area contributed by atoms with Crippen molar-refractivity contribution in [2.45, 2.75) is 38.5 Å². The maximum absolute atomic E-state index is 10.9. The lowest BCUT2D eigenvalue weighted by atomic mass is 9.92. The molecule has 0 bridgehead atoms. The first-order chi connectivity index (χ1) is 16.4. The van der Waals surface area contributed by atoms with E-state index in [4.69, 9.17) is 5.11 Å². The van der Waals surface area contributed by atoms with Gasteiger partial charge >= 0.3 is 5.97 Å². The maximum Gasteiger partial charge on any atom is 0.325 e. The molecule has 0 radical (unpaired) electrons. The second kappa shape index (κ2) is 10.2. The van der Waals surface area contributed by atoms with Crippen molar-refractivity contribution in [3.63, 3.8) is 0 Å². The van der Waals surface area contributed by atoms with E-state index in [1.54, 1.807) is 6.07 Å². The van der Waals surface area contributed by atoms with E-state index in [-0.39, 0.29) is 18.3 Å². The summed E-state index contributed by atoms with van der Waals surface area (Å²) in [5.41, 5.74) is 2.96. The molecule has 0 saturated carbocycles. The normalized spacial score (nSPS) is 20.2. The third-order valence-electron chi connectivity index (χ3n) is 6.36. The molecule has 3 aromatic rings. The molecular formula is C26H31N5O3. The predicted molar refractivity (Wildman–Crippen MR) is 130 cm³/mol. The number of carboxylic acids is 1. The average molecular weight is 462 g/mol. The van der Waals surface area contributed by atoms with Crippen LogP contribution >= 0.6 is 0 Å². The Hall–Kier alpha value is -3.49. The van der Waals surface area contributed by atoms with Crippen LogP contribution in [0.4, 0.5) is 0 Å². The summed E-state index contributed by atoms with van der Waals surface area (Å²) in [6, 6.07) is 16.2. The quantitative estimate of drug-likeness (QED) is 0.497. The number of phenolic OH excluding ortho intramolecular Hbond substituents is 1. The molecule has 2 aromatic carbocycles. The highest BCUT2D eigenvalue weighted by Crippen LogP contribution is 2.35. The van der Waals surface area contributed by atoms with Crippen molar-refractivity contribution in [2.75, 3.05) is 19.6 Å². The van der Waals surface area contributed by atoms with Gasteiger partial charge < -0.3 is 10.2 Å². The second-order valence-corrected chi connectivity index (χ2v) is 8.92. The van der Waals surface area contributed by atoms with Gasteiger partial charge in [-0.05, 0) is 37.1 Å².